The Morgan fingerprint density at radius 1 is 1.31 bits per heavy atom. The predicted molar refractivity (Wildman–Crippen MR) is 126 cm³/mol. The van der Waals surface area contributed by atoms with Gasteiger partial charge in [0, 0.05) is 17.6 Å². The van der Waals surface area contributed by atoms with Gasteiger partial charge in [-0.15, -0.1) is 0 Å². The molecule has 0 radical (unpaired) electrons. The van der Waals surface area contributed by atoms with E-state index in [0.717, 1.165) is 16.7 Å². The molecule has 12 heteroatoms. The molecule has 0 atom stereocenters. The molecule has 2 aromatic carbocycles. The van der Waals surface area contributed by atoms with Gasteiger partial charge in [0.15, 0.2) is 5.69 Å². The lowest BCUT2D eigenvalue weighted by Crippen LogP contribution is -2.29. The van der Waals surface area contributed by atoms with Crippen molar-refractivity contribution in [3.05, 3.63) is 92.9 Å². The number of allylic oxidation sites excluding steroid dienone is 2. The molecule has 0 aliphatic rings. The average Bonchev–Trinajstić information content (AvgIpc) is 2.80. The molecule has 0 unspecified atom stereocenters. The minimum Gasteiger partial charge on any atom is -0.449 e. The maximum Gasteiger partial charge on any atom is 0.437 e. The molecule has 0 bridgehead atoms. The first-order chi connectivity index (χ1) is 17.0. The number of nitrogens with zero attached hydrogens (tertiary/aromatic N) is 4. The van der Waals surface area contributed by atoms with Crippen LogP contribution in [0.25, 0.3) is 5.57 Å². The number of ether oxygens (including phenoxy) is 1. The van der Waals surface area contributed by atoms with E-state index in [2.05, 4.69) is 15.5 Å². The summed E-state index contributed by atoms with van der Waals surface area (Å²) in [5.41, 5.74) is 0.814. The van der Waals surface area contributed by atoms with E-state index in [0.29, 0.717) is 11.9 Å². The van der Waals surface area contributed by atoms with Crippen LogP contribution in [0.15, 0.2) is 64.8 Å². The predicted octanol–water partition coefficient (Wildman–Crippen LogP) is 5.40. The van der Waals surface area contributed by atoms with Crippen LogP contribution in [-0.4, -0.2) is 22.3 Å². The summed E-state index contributed by atoms with van der Waals surface area (Å²) in [6, 6.07) is 11.4. The third-order valence-electron chi connectivity index (χ3n) is 4.75. The average molecular weight is 520 g/mol. The summed E-state index contributed by atoms with van der Waals surface area (Å²) >= 11 is 5.90. The van der Waals surface area contributed by atoms with Crippen molar-refractivity contribution < 1.29 is 22.3 Å². The lowest BCUT2D eigenvalue weighted by molar-refractivity contribution is -0.142. The van der Waals surface area contributed by atoms with E-state index in [9.17, 15) is 22.4 Å². The van der Waals surface area contributed by atoms with Crippen molar-refractivity contribution >= 4 is 22.9 Å². The lowest BCUT2D eigenvalue weighted by atomic mass is 10.1. The second kappa shape index (κ2) is 11.0. The number of nitrogens with one attached hydrogen (secondary N) is 1. The summed E-state index contributed by atoms with van der Waals surface area (Å²) in [4.78, 5) is 16.5. The lowest BCUT2D eigenvalue weighted by Gasteiger charge is -2.15. The number of alkyl halides is 3. The van der Waals surface area contributed by atoms with Gasteiger partial charge in [0.05, 0.1) is 30.2 Å². The molecule has 3 rings (SSSR count). The third kappa shape index (κ3) is 6.28. The van der Waals surface area contributed by atoms with E-state index >= 15 is 0 Å². The topological polar surface area (TPSA) is 92.3 Å². The molecule has 0 spiro atoms. The summed E-state index contributed by atoms with van der Waals surface area (Å²) < 4.78 is 61.1. The molecular formula is C24H18ClF4N5O2. The zero-order chi connectivity index (χ0) is 26.5. The fourth-order valence-electron chi connectivity index (χ4n) is 3.22. The van der Waals surface area contributed by atoms with Gasteiger partial charge in [-0.1, -0.05) is 29.8 Å². The maximum absolute atomic E-state index is 14.2. The van der Waals surface area contributed by atoms with Crippen LogP contribution in [0.4, 0.5) is 17.6 Å². The molecular weight excluding hydrogens is 502 g/mol. The minimum absolute atomic E-state index is 0.0208. The molecule has 7 nitrogen and oxygen atoms in total. The highest BCUT2D eigenvalue weighted by Gasteiger charge is 2.38. The number of halogens is 5. The largest absolute Gasteiger partial charge is 0.449 e. The van der Waals surface area contributed by atoms with Gasteiger partial charge in [-0.05, 0) is 42.8 Å². The second-order valence-corrected chi connectivity index (χ2v) is 7.81. The molecule has 3 aromatic rings. The van der Waals surface area contributed by atoms with Crippen molar-refractivity contribution in [2.24, 2.45) is 5.10 Å². The van der Waals surface area contributed by atoms with Crippen LogP contribution in [0, 0.1) is 17.1 Å². The van der Waals surface area contributed by atoms with Gasteiger partial charge >= 0.3 is 6.18 Å². The van der Waals surface area contributed by atoms with Gasteiger partial charge in [0.2, 0.25) is 5.75 Å². The number of nitriles is 1. The number of hydrazone groups is 1. The van der Waals surface area contributed by atoms with Crippen LogP contribution in [0.2, 0.25) is 5.02 Å². The Kier molecular flexibility index (Phi) is 8.11. The Bertz CT molecular complexity index is 1440. The van der Waals surface area contributed by atoms with Gasteiger partial charge in [-0.2, -0.15) is 23.5 Å². The van der Waals surface area contributed by atoms with Crippen molar-refractivity contribution in [1.29, 1.82) is 5.26 Å². The number of rotatable bonds is 7. The molecule has 0 amide bonds. The molecule has 1 N–H and O–H groups in total. The first-order valence-corrected chi connectivity index (χ1v) is 10.6. The first-order valence-electron chi connectivity index (χ1n) is 10.2. The van der Waals surface area contributed by atoms with Crippen LogP contribution in [0.3, 0.4) is 0 Å². The molecule has 1 heterocycles. The van der Waals surface area contributed by atoms with Crippen LogP contribution in [0.5, 0.6) is 11.5 Å². The van der Waals surface area contributed by atoms with Crippen molar-refractivity contribution in [3.8, 4) is 17.6 Å². The second-order valence-electron chi connectivity index (χ2n) is 7.38. The quantitative estimate of drug-likeness (QED) is 0.256. The number of hydrogen-bond acceptors (Lipinski definition) is 6. The standard InChI is InChI=1S/C24H18ClF4N5O2/c1-14(19-5-3-4-6-20(19)26)7-17(33-31-2)12-34-13-32-22(24(27,28)29)21(23(34)35)36-18-9-15(11-30)8-16(25)10-18/h3-10,13,31H,12H2,1-2H3/b14-7+,33-17+. The van der Waals surface area contributed by atoms with Crippen molar-refractivity contribution in [2.45, 2.75) is 19.6 Å². The summed E-state index contributed by atoms with van der Waals surface area (Å²) in [6.07, 6.45) is -2.81. The molecule has 1 aromatic heterocycles. The number of hydrogen-bond donors (Lipinski definition) is 1. The number of benzene rings is 2. The van der Waals surface area contributed by atoms with Gasteiger partial charge in [0.1, 0.15) is 11.6 Å². The monoisotopic (exact) mass is 519 g/mol. The van der Waals surface area contributed by atoms with Gasteiger partial charge in [0.25, 0.3) is 5.56 Å². The zero-order valence-electron chi connectivity index (χ0n) is 18.9. The number of aromatic nitrogens is 2. The smallest absolute Gasteiger partial charge is 0.437 e. The fourth-order valence-corrected chi connectivity index (χ4v) is 3.45. The summed E-state index contributed by atoms with van der Waals surface area (Å²) in [5.74, 6) is -1.83. The SMILES string of the molecule is CN/N=C(\C=C(/C)c1ccccc1F)Cn1cnc(C(F)(F)F)c(Oc2cc(Cl)cc(C#N)c2)c1=O. The van der Waals surface area contributed by atoms with Crippen molar-refractivity contribution in [3.63, 3.8) is 0 Å². The minimum atomic E-state index is -5.01. The fraction of sp³-hybridized carbons (Fsp3) is 0.167. The maximum atomic E-state index is 14.2. The highest BCUT2D eigenvalue weighted by Crippen LogP contribution is 2.35. The first kappa shape index (κ1) is 26.4. The Hall–Kier alpha value is -4.17. The van der Waals surface area contributed by atoms with E-state index in [1.807, 2.05) is 0 Å². The van der Waals surface area contributed by atoms with E-state index in [-0.39, 0.29) is 34.2 Å². The van der Waals surface area contributed by atoms with Crippen molar-refractivity contribution in [1.82, 2.24) is 15.0 Å². The Labute approximate surface area is 207 Å². The van der Waals surface area contributed by atoms with E-state index in [1.54, 1.807) is 25.1 Å². The molecule has 0 saturated heterocycles. The molecule has 0 aliphatic heterocycles. The summed E-state index contributed by atoms with van der Waals surface area (Å²) in [7, 11) is 1.49. The zero-order valence-corrected chi connectivity index (χ0v) is 19.7. The molecule has 186 valence electrons. The van der Waals surface area contributed by atoms with E-state index in [1.165, 1.54) is 31.3 Å². The Balaban J connectivity index is 2.06. The normalized spacial score (nSPS) is 12.3. The highest BCUT2D eigenvalue weighted by atomic mass is 35.5. The van der Waals surface area contributed by atoms with Gasteiger partial charge in [-0.25, -0.2) is 9.37 Å². The van der Waals surface area contributed by atoms with Gasteiger partial charge < -0.3 is 10.2 Å². The van der Waals surface area contributed by atoms with Crippen molar-refractivity contribution in [2.75, 3.05) is 7.05 Å². The van der Waals surface area contributed by atoms with Crippen LogP contribution in [0.1, 0.15) is 23.7 Å². The van der Waals surface area contributed by atoms with Crippen LogP contribution >= 0.6 is 11.6 Å². The van der Waals surface area contributed by atoms with E-state index in [4.69, 9.17) is 21.6 Å². The molecule has 0 saturated carbocycles. The molecule has 36 heavy (non-hydrogen) atoms. The molecule has 0 fully saturated rings. The van der Waals surface area contributed by atoms with Gasteiger partial charge in [-0.3, -0.25) is 9.36 Å². The van der Waals surface area contributed by atoms with Crippen LogP contribution < -0.4 is 15.7 Å². The third-order valence-corrected chi connectivity index (χ3v) is 4.97. The van der Waals surface area contributed by atoms with Crippen LogP contribution in [-0.2, 0) is 12.7 Å². The Morgan fingerprint density at radius 3 is 2.67 bits per heavy atom. The highest BCUT2D eigenvalue weighted by molar-refractivity contribution is 6.30. The molecule has 0 aliphatic carbocycles. The Morgan fingerprint density at radius 2 is 2.03 bits per heavy atom. The summed E-state index contributed by atoms with van der Waals surface area (Å²) in [6.45, 7) is 1.31. The van der Waals surface area contributed by atoms with E-state index < -0.39 is 29.0 Å². The summed E-state index contributed by atoms with van der Waals surface area (Å²) in [5, 5.41) is 13.2.